The lowest BCUT2D eigenvalue weighted by molar-refractivity contribution is 0.0955. The minimum Gasteiger partial charge on any atom is -0.508 e. The molecular formula is C15H13ClN2O2. The molecule has 0 unspecified atom stereocenters. The zero-order valence-corrected chi connectivity index (χ0v) is 11.6. The van der Waals surface area contributed by atoms with Crippen LogP contribution in [0.1, 0.15) is 21.5 Å². The summed E-state index contributed by atoms with van der Waals surface area (Å²) >= 11 is 5.96. The van der Waals surface area contributed by atoms with Crippen LogP contribution in [0.15, 0.2) is 47.6 Å². The summed E-state index contributed by atoms with van der Waals surface area (Å²) in [5.74, 6) is -0.151. The first-order valence-electron chi connectivity index (χ1n) is 5.95. The Bertz CT molecular complexity index is 651. The first kappa shape index (κ1) is 14.1. The third kappa shape index (κ3) is 3.59. The zero-order valence-electron chi connectivity index (χ0n) is 10.8. The number of carbonyl (C=O) groups is 1. The van der Waals surface area contributed by atoms with Crippen molar-refractivity contribution >= 4 is 23.7 Å². The maximum Gasteiger partial charge on any atom is 0.271 e. The number of carbonyl (C=O) groups excluding carboxylic acids is 1. The predicted molar refractivity (Wildman–Crippen MR) is 79.4 cm³/mol. The molecule has 2 aromatic carbocycles. The van der Waals surface area contributed by atoms with Crippen LogP contribution in [-0.2, 0) is 0 Å². The van der Waals surface area contributed by atoms with Crippen LogP contribution in [-0.4, -0.2) is 17.2 Å². The van der Waals surface area contributed by atoms with Crippen molar-refractivity contribution < 1.29 is 9.90 Å². The van der Waals surface area contributed by atoms with Crippen LogP contribution in [0.4, 0.5) is 0 Å². The van der Waals surface area contributed by atoms with Gasteiger partial charge in [0.1, 0.15) is 5.75 Å². The van der Waals surface area contributed by atoms with Crippen molar-refractivity contribution in [2.75, 3.05) is 0 Å². The van der Waals surface area contributed by atoms with Gasteiger partial charge < -0.3 is 5.11 Å². The minimum atomic E-state index is -0.332. The van der Waals surface area contributed by atoms with Crippen molar-refractivity contribution in [2.24, 2.45) is 5.10 Å². The second-order valence-corrected chi connectivity index (χ2v) is 4.66. The second kappa shape index (κ2) is 6.21. The Morgan fingerprint density at radius 3 is 2.60 bits per heavy atom. The van der Waals surface area contributed by atoms with Gasteiger partial charge in [-0.1, -0.05) is 17.7 Å². The Morgan fingerprint density at radius 2 is 1.95 bits per heavy atom. The number of rotatable bonds is 3. The Labute approximate surface area is 121 Å². The Hall–Kier alpha value is -2.33. The van der Waals surface area contributed by atoms with E-state index in [-0.39, 0.29) is 11.7 Å². The molecule has 0 bridgehead atoms. The molecule has 0 aromatic heterocycles. The van der Waals surface area contributed by atoms with E-state index < -0.39 is 0 Å². The second-order valence-electron chi connectivity index (χ2n) is 4.25. The van der Waals surface area contributed by atoms with Crippen molar-refractivity contribution in [1.82, 2.24) is 5.43 Å². The van der Waals surface area contributed by atoms with Crippen molar-refractivity contribution in [3.63, 3.8) is 0 Å². The van der Waals surface area contributed by atoms with Crippen LogP contribution >= 0.6 is 11.6 Å². The molecule has 0 heterocycles. The van der Waals surface area contributed by atoms with Gasteiger partial charge in [0, 0.05) is 10.6 Å². The summed E-state index contributed by atoms with van der Waals surface area (Å²) in [6.07, 6.45) is 1.49. The van der Waals surface area contributed by atoms with Gasteiger partial charge in [0.25, 0.3) is 5.91 Å². The topological polar surface area (TPSA) is 61.7 Å². The number of phenols is 1. The lowest BCUT2D eigenvalue weighted by atomic mass is 10.1. The van der Waals surface area contributed by atoms with Gasteiger partial charge in [0.05, 0.1) is 6.21 Å². The van der Waals surface area contributed by atoms with Gasteiger partial charge in [-0.15, -0.1) is 0 Å². The van der Waals surface area contributed by atoms with E-state index in [0.29, 0.717) is 10.6 Å². The molecule has 5 heteroatoms. The number of nitrogens with one attached hydrogen (secondary N) is 1. The monoisotopic (exact) mass is 288 g/mol. The van der Waals surface area contributed by atoms with E-state index in [1.54, 1.807) is 42.5 Å². The molecule has 0 atom stereocenters. The van der Waals surface area contributed by atoms with Gasteiger partial charge in [-0.3, -0.25) is 4.79 Å². The van der Waals surface area contributed by atoms with Gasteiger partial charge in [-0.05, 0) is 54.4 Å². The molecule has 0 saturated carbocycles. The first-order chi connectivity index (χ1) is 9.56. The van der Waals surface area contributed by atoms with E-state index >= 15 is 0 Å². The van der Waals surface area contributed by atoms with Crippen LogP contribution < -0.4 is 5.43 Å². The molecular weight excluding hydrogens is 276 g/mol. The highest BCUT2D eigenvalue weighted by atomic mass is 35.5. The summed E-state index contributed by atoms with van der Waals surface area (Å²) in [6, 6.07) is 11.5. The Morgan fingerprint density at radius 1 is 1.25 bits per heavy atom. The summed E-state index contributed by atoms with van der Waals surface area (Å²) < 4.78 is 0. The number of halogens is 1. The van der Waals surface area contributed by atoms with Gasteiger partial charge >= 0.3 is 0 Å². The van der Waals surface area contributed by atoms with E-state index in [9.17, 15) is 4.79 Å². The van der Waals surface area contributed by atoms with Crippen molar-refractivity contribution in [2.45, 2.75) is 6.92 Å². The average Bonchev–Trinajstić information content (AvgIpc) is 2.44. The van der Waals surface area contributed by atoms with E-state index in [0.717, 1.165) is 11.1 Å². The number of aryl methyl sites for hydroxylation is 1. The molecule has 20 heavy (non-hydrogen) atoms. The summed E-state index contributed by atoms with van der Waals surface area (Å²) in [5, 5.41) is 13.5. The lowest BCUT2D eigenvalue weighted by Crippen LogP contribution is -2.17. The molecule has 0 saturated heterocycles. The fourth-order valence-corrected chi connectivity index (χ4v) is 1.71. The SMILES string of the molecule is Cc1ccc(C(=O)N/N=C\c2ccc(O)cc2)cc1Cl. The van der Waals surface area contributed by atoms with E-state index in [4.69, 9.17) is 16.7 Å². The van der Waals surface area contributed by atoms with Crippen LogP contribution in [0.25, 0.3) is 0 Å². The van der Waals surface area contributed by atoms with Gasteiger partial charge in [0.15, 0.2) is 0 Å². The molecule has 2 aromatic rings. The number of benzene rings is 2. The largest absolute Gasteiger partial charge is 0.508 e. The van der Waals surface area contributed by atoms with Crippen molar-refractivity contribution in [1.29, 1.82) is 0 Å². The van der Waals surface area contributed by atoms with E-state index in [2.05, 4.69) is 10.5 Å². The van der Waals surface area contributed by atoms with Crippen molar-refractivity contribution in [3.8, 4) is 5.75 Å². The number of hydrogen-bond acceptors (Lipinski definition) is 3. The summed E-state index contributed by atoms with van der Waals surface area (Å²) in [5.41, 5.74) is 4.55. The molecule has 4 nitrogen and oxygen atoms in total. The highest BCUT2D eigenvalue weighted by molar-refractivity contribution is 6.31. The summed E-state index contributed by atoms with van der Waals surface area (Å²) in [7, 11) is 0. The molecule has 0 fully saturated rings. The first-order valence-corrected chi connectivity index (χ1v) is 6.32. The molecule has 0 radical (unpaired) electrons. The maximum absolute atomic E-state index is 11.8. The summed E-state index contributed by atoms with van der Waals surface area (Å²) in [4.78, 5) is 11.8. The number of hydrogen-bond donors (Lipinski definition) is 2. The zero-order chi connectivity index (χ0) is 14.5. The van der Waals surface area contributed by atoms with Gasteiger partial charge in [-0.2, -0.15) is 5.10 Å². The fraction of sp³-hybridized carbons (Fsp3) is 0.0667. The minimum absolute atomic E-state index is 0.181. The number of hydrazone groups is 1. The molecule has 102 valence electrons. The van der Waals surface area contributed by atoms with Crippen molar-refractivity contribution in [3.05, 3.63) is 64.2 Å². The molecule has 2 rings (SSSR count). The third-order valence-corrected chi connectivity index (χ3v) is 3.11. The molecule has 2 N–H and O–H groups in total. The van der Waals surface area contributed by atoms with E-state index in [1.165, 1.54) is 6.21 Å². The van der Waals surface area contributed by atoms with Crippen LogP contribution in [0.3, 0.4) is 0 Å². The molecule has 1 amide bonds. The number of amides is 1. The molecule has 0 aliphatic heterocycles. The number of aromatic hydroxyl groups is 1. The normalized spacial score (nSPS) is 10.7. The average molecular weight is 289 g/mol. The molecule has 0 spiro atoms. The Kier molecular flexibility index (Phi) is 4.38. The third-order valence-electron chi connectivity index (χ3n) is 2.71. The van der Waals surface area contributed by atoms with Gasteiger partial charge in [0.2, 0.25) is 0 Å². The quantitative estimate of drug-likeness (QED) is 0.673. The fourth-order valence-electron chi connectivity index (χ4n) is 1.52. The standard InChI is InChI=1S/C15H13ClN2O2/c1-10-2-5-12(8-14(10)16)15(20)18-17-9-11-3-6-13(19)7-4-11/h2-9,19H,1H3,(H,18,20)/b17-9-. The molecule has 0 aliphatic carbocycles. The Balaban J connectivity index is 2.01. The lowest BCUT2D eigenvalue weighted by Gasteiger charge is -2.02. The molecule has 0 aliphatic rings. The van der Waals surface area contributed by atoms with Crippen LogP contribution in [0.5, 0.6) is 5.75 Å². The summed E-state index contributed by atoms with van der Waals surface area (Å²) in [6.45, 7) is 1.87. The highest BCUT2D eigenvalue weighted by Gasteiger charge is 2.05. The van der Waals surface area contributed by atoms with Crippen LogP contribution in [0, 0.1) is 6.92 Å². The number of phenolic OH excluding ortho intramolecular Hbond substituents is 1. The highest BCUT2D eigenvalue weighted by Crippen LogP contribution is 2.16. The van der Waals surface area contributed by atoms with Crippen LogP contribution in [0.2, 0.25) is 5.02 Å². The van der Waals surface area contributed by atoms with E-state index in [1.807, 2.05) is 6.92 Å². The number of nitrogens with zero attached hydrogens (tertiary/aromatic N) is 1. The predicted octanol–water partition coefficient (Wildman–Crippen LogP) is 3.12. The smallest absolute Gasteiger partial charge is 0.271 e. The maximum atomic E-state index is 11.8. The van der Waals surface area contributed by atoms with Gasteiger partial charge in [-0.25, -0.2) is 5.43 Å².